The van der Waals surface area contributed by atoms with Crippen molar-refractivity contribution in [3.63, 3.8) is 0 Å². The fourth-order valence-corrected chi connectivity index (χ4v) is 4.54. The van der Waals surface area contributed by atoms with E-state index in [1.54, 1.807) is 11.3 Å². The third-order valence-corrected chi connectivity index (χ3v) is 5.84. The lowest BCUT2D eigenvalue weighted by Gasteiger charge is -2.36. The van der Waals surface area contributed by atoms with E-state index in [0.29, 0.717) is 5.13 Å². The summed E-state index contributed by atoms with van der Waals surface area (Å²) in [6.07, 6.45) is 3.98. The van der Waals surface area contributed by atoms with Gasteiger partial charge in [0.05, 0.1) is 11.4 Å². The van der Waals surface area contributed by atoms with E-state index in [0.717, 1.165) is 35.2 Å². The second kappa shape index (κ2) is 4.85. The molecule has 0 saturated heterocycles. The van der Waals surface area contributed by atoms with E-state index in [9.17, 15) is 4.79 Å². The third kappa shape index (κ3) is 2.52. The number of carbonyl (C=O) groups excluding carboxylic acids is 1. The van der Waals surface area contributed by atoms with Gasteiger partial charge in [-0.2, -0.15) is 0 Å². The van der Waals surface area contributed by atoms with Gasteiger partial charge in [-0.3, -0.25) is 4.79 Å². The Morgan fingerprint density at radius 1 is 1.58 bits per heavy atom. The maximum Gasteiger partial charge on any atom is 0.231 e. The topological polar surface area (TPSA) is 68.0 Å². The van der Waals surface area contributed by atoms with Crippen LogP contribution in [0.2, 0.25) is 0 Å². The number of hydrogen-bond acceptors (Lipinski definition) is 5. The Balaban J connectivity index is 1.75. The first kappa shape index (κ1) is 13.0. The zero-order valence-corrected chi connectivity index (χ0v) is 12.4. The molecule has 0 bridgehead atoms. The zero-order chi connectivity index (χ0) is 13.5. The highest BCUT2D eigenvalue weighted by Gasteiger charge is 2.38. The Labute approximate surface area is 120 Å². The molecule has 2 atom stereocenters. The summed E-state index contributed by atoms with van der Waals surface area (Å²) in [5.41, 5.74) is 6.83. The molecule has 1 aliphatic rings. The van der Waals surface area contributed by atoms with Crippen molar-refractivity contribution in [2.75, 3.05) is 5.32 Å². The first-order chi connectivity index (χ1) is 9.06. The first-order valence-corrected chi connectivity index (χ1v) is 8.20. The van der Waals surface area contributed by atoms with E-state index in [4.69, 9.17) is 5.73 Å². The summed E-state index contributed by atoms with van der Waals surface area (Å²) in [5, 5.41) is 5.64. The van der Waals surface area contributed by atoms with E-state index < -0.39 is 5.54 Å². The molecule has 0 spiro atoms. The highest BCUT2D eigenvalue weighted by Crippen LogP contribution is 2.34. The smallest absolute Gasteiger partial charge is 0.231 e. The molecule has 1 saturated carbocycles. The Hall–Kier alpha value is -0.980. The maximum atomic E-state index is 12.4. The van der Waals surface area contributed by atoms with Crippen molar-refractivity contribution >= 4 is 43.2 Å². The van der Waals surface area contributed by atoms with Crippen LogP contribution in [0.4, 0.5) is 5.13 Å². The first-order valence-electron chi connectivity index (χ1n) is 6.50. The molecule has 6 heteroatoms. The van der Waals surface area contributed by atoms with Crippen molar-refractivity contribution in [3.05, 3.63) is 11.4 Å². The predicted molar refractivity (Wildman–Crippen MR) is 80.7 cm³/mol. The summed E-state index contributed by atoms with van der Waals surface area (Å²) in [6, 6.07) is 1.97. The van der Waals surface area contributed by atoms with Gasteiger partial charge in [-0.05, 0) is 31.2 Å². The summed E-state index contributed by atoms with van der Waals surface area (Å²) in [7, 11) is 0. The molecule has 3 rings (SSSR count). The van der Waals surface area contributed by atoms with Crippen LogP contribution in [-0.2, 0) is 4.79 Å². The lowest BCUT2D eigenvalue weighted by molar-refractivity contribution is -0.122. The maximum absolute atomic E-state index is 12.4. The number of fused-ring (bicyclic) bond motifs is 1. The molecule has 19 heavy (non-hydrogen) atoms. The van der Waals surface area contributed by atoms with Crippen molar-refractivity contribution in [1.82, 2.24) is 4.98 Å². The van der Waals surface area contributed by atoms with Crippen molar-refractivity contribution in [3.8, 4) is 0 Å². The Morgan fingerprint density at radius 3 is 3.16 bits per heavy atom. The van der Waals surface area contributed by atoms with Crippen molar-refractivity contribution in [2.24, 2.45) is 11.7 Å². The van der Waals surface area contributed by atoms with E-state index >= 15 is 0 Å². The van der Waals surface area contributed by atoms with Crippen molar-refractivity contribution < 1.29 is 4.79 Å². The highest BCUT2D eigenvalue weighted by molar-refractivity contribution is 7.39. The number of nitrogens with two attached hydrogens (primary N) is 1. The molecule has 1 aliphatic carbocycles. The number of thiophene rings is 1. The number of thiazole rings is 1. The monoisotopic (exact) mass is 295 g/mol. The minimum atomic E-state index is -0.392. The molecule has 102 valence electrons. The molecule has 1 fully saturated rings. The molecule has 0 aliphatic heterocycles. The second-order valence-corrected chi connectivity index (χ2v) is 7.58. The van der Waals surface area contributed by atoms with Crippen LogP contribution in [0, 0.1) is 5.92 Å². The van der Waals surface area contributed by atoms with Crippen LogP contribution in [0.1, 0.15) is 32.6 Å². The molecule has 0 radical (unpaired) electrons. The normalized spacial score (nSPS) is 27.6. The van der Waals surface area contributed by atoms with Gasteiger partial charge in [0.15, 0.2) is 5.13 Å². The van der Waals surface area contributed by atoms with Crippen molar-refractivity contribution in [1.29, 1.82) is 0 Å². The molecule has 4 nitrogen and oxygen atoms in total. The van der Waals surface area contributed by atoms with Gasteiger partial charge >= 0.3 is 0 Å². The second-order valence-electron chi connectivity index (χ2n) is 5.41. The fourth-order valence-electron chi connectivity index (χ4n) is 2.70. The molecular formula is C13H17N3OS2. The zero-order valence-electron chi connectivity index (χ0n) is 10.8. The Morgan fingerprint density at radius 2 is 2.42 bits per heavy atom. The number of nitrogens with zero attached hydrogens (tertiary/aromatic N) is 1. The van der Waals surface area contributed by atoms with Gasteiger partial charge in [0, 0.05) is 5.54 Å². The summed E-state index contributed by atoms with van der Waals surface area (Å²) in [6.45, 7) is 1.98. The van der Waals surface area contributed by atoms with Crippen LogP contribution in [0.5, 0.6) is 0 Å². The Kier molecular flexibility index (Phi) is 3.32. The molecular weight excluding hydrogens is 278 g/mol. The minimum Gasteiger partial charge on any atom is -0.325 e. The number of aromatic nitrogens is 1. The van der Waals surface area contributed by atoms with Crippen LogP contribution in [0.3, 0.4) is 0 Å². The molecule has 1 amide bonds. The summed E-state index contributed by atoms with van der Waals surface area (Å²) < 4.78 is 1.15. The molecule has 3 N–H and O–H groups in total. The number of anilines is 1. The lowest BCUT2D eigenvalue weighted by Crippen LogP contribution is -2.51. The van der Waals surface area contributed by atoms with Gasteiger partial charge in [-0.1, -0.05) is 24.2 Å². The van der Waals surface area contributed by atoms with Crippen LogP contribution in [0.15, 0.2) is 11.4 Å². The van der Waals surface area contributed by atoms with E-state index in [1.165, 1.54) is 11.3 Å². The molecule has 2 aromatic heterocycles. The van der Waals surface area contributed by atoms with Crippen LogP contribution in [0.25, 0.3) is 9.53 Å². The van der Waals surface area contributed by atoms with Crippen LogP contribution >= 0.6 is 22.7 Å². The van der Waals surface area contributed by atoms with Gasteiger partial charge in [0.2, 0.25) is 5.91 Å². The van der Waals surface area contributed by atoms with Gasteiger partial charge in [-0.25, -0.2) is 4.98 Å². The molecule has 2 aromatic rings. The SMILES string of the molecule is CC1(N)CCCCC1C(=O)Nc1nc2ccsc2s1. The van der Waals surface area contributed by atoms with Gasteiger partial charge in [0.1, 0.15) is 4.01 Å². The minimum absolute atomic E-state index is 0.0195. The predicted octanol–water partition coefficient (Wildman–Crippen LogP) is 3.20. The molecule has 2 heterocycles. The summed E-state index contributed by atoms with van der Waals surface area (Å²) in [4.78, 5) is 16.8. The number of hydrogen-bond donors (Lipinski definition) is 2. The van der Waals surface area contributed by atoms with E-state index in [1.807, 2.05) is 18.4 Å². The average molecular weight is 295 g/mol. The van der Waals surface area contributed by atoms with Gasteiger partial charge in [0.25, 0.3) is 0 Å². The number of rotatable bonds is 2. The fraction of sp³-hybridized carbons (Fsp3) is 0.538. The number of nitrogens with one attached hydrogen (secondary N) is 1. The standard InChI is InChI=1S/C13H17N3OS2/c1-13(14)6-3-2-4-8(13)10(17)16-12-15-9-5-7-18-11(9)19-12/h5,7-8H,2-4,6,14H2,1H3,(H,15,16,17). The van der Waals surface area contributed by atoms with E-state index in [2.05, 4.69) is 10.3 Å². The van der Waals surface area contributed by atoms with E-state index in [-0.39, 0.29) is 11.8 Å². The van der Waals surface area contributed by atoms with Crippen LogP contribution in [-0.4, -0.2) is 16.4 Å². The molecule has 0 aromatic carbocycles. The van der Waals surface area contributed by atoms with Gasteiger partial charge in [-0.15, -0.1) is 11.3 Å². The number of amides is 1. The van der Waals surface area contributed by atoms with Gasteiger partial charge < -0.3 is 11.1 Å². The summed E-state index contributed by atoms with van der Waals surface area (Å²) >= 11 is 3.18. The number of carbonyl (C=O) groups is 1. The van der Waals surface area contributed by atoms with Crippen molar-refractivity contribution in [2.45, 2.75) is 38.1 Å². The average Bonchev–Trinajstić information content (AvgIpc) is 2.88. The highest BCUT2D eigenvalue weighted by atomic mass is 32.2. The largest absolute Gasteiger partial charge is 0.325 e. The quantitative estimate of drug-likeness (QED) is 0.894. The van der Waals surface area contributed by atoms with Crippen LogP contribution < -0.4 is 11.1 Å². The Bertz CT molecular complexity index is 573. The third-order valence-electron chi connectivity index (χ3n) is 3.82. The summed E-state index contributed by atoms with van der Waals surface area (Å²) in [5.74, 6) is -0.0886. The molecule has 2 unspecified atom stereocenters. The lowest BCUT2D eigenvalue weighted by atomic mass is 9.74.